The van der Waals surface area contributed by atoms with Gasteiger partial charge in [-0.3, -0.25) is 0 Å². The van der Waals surface area contributed by atoms with Gasteiger partial charge in [-0.05, 0) is 19.3 Å². The minimum atomic E-state index is 1.17. The zero-order chi connectivity index (χ0) is 12.9. The number of unbranched alkanes of at least 4 members (excludes halogenated alkanes) is 10. The molecule has 0 aromatic carbocycles. The van der Waals surface area contributed by atoms with Gasteiger partial charge in [-0.1, -0.05) is 94.9 Å². The van der Waals surface area contributed by atoms with Crippen LogP contribution in [0.1, 0.15) is 90.4 Å². The topological polar surface area (TPSA) is 0 Å². The van der Waals surface area contributed by atoms with Gasteiger partial charge >= 0.3 is 0 Å². The second-order valence-electron chi connectivity index (χ2n) is 5.70. The third-order valence-corrected chi connectivity index (χ3v) is 3.92. The van der Waals surface area contributed by atoms with Gasteiger partial charge in [0, 0.05) is 0 Å². The molecule has 0 aromatic rings. The summed E-state index contributed by atoms with van der Waals surface area (Å²) in [4.78, 5) is 0. The fourth-order valence-corrected chi connectivity index (χ4v) is 2.69. The number of hydrogen-bond donors (Lipinski definition) is 0. The third-order valence-electron chi connectivity index (χ3n) is 3.92. The summed E-state index contributed by atoms with van der Waals surface area (Å²) in [5, 5.41) is 0. The van der Waals surface area contributed by atoms with Crippen LogP contribution < -0.4 is 0 Å². The first-order valence-electron chi connectivity index (χ1n) is 8.29. The highest BCUT2D eigenvalue weighted by Gasteiger charge is 1.97. The van der Waals surface area contributed by atoms with Crippen LogP contribution in [0.5, 0.6) is 0 Å². The van der Waals surface area contributed by atoms with Gasteiger partial charge in [0.2, 0.25) is 0 Å². The molecular weight excluding hydrogens is 216 g/mol. The summed E-state index contributed by atoms with van der Waals surface area (Å²) in [6.07, 6.45) is 25.3. The van der Waals surface area contributed by atoms with Gasteiger partial charge in [-0.15, -0.1) is 0 Å². The lowest BCUT2D eigenvalue weighted by atomic mass is 10.0. The SMILES string of the molecule is CCCCCCCCCCCCCC1=CCC=C1. The maximum absolute atomic E-state index is 2.37. The molecule has 0 saturated carbocycles. The Bertz CT molecular complexity index is 234. The average molecular weight is 248 g/mol. The van der Waals surface area contributed by atoms with Gasteiger partial charge in [-0.25, -0.2) is 0 Å². The van der Waals surface area contributed by atoms with E-state index in [0.29, 0.717) is 0 Å². The highest BCUT2D eigenvalue weighted by atomic mass is 14.0. The number of rotatable bonds is 12. The molecule has 0 aromatic heterocycles. The molecule has 0 bridgehead atoms. The van der Waals surface area contributed by atoms with Crippen molar-refractivity contribution >= 4 is 0 Å². The summed E-state index contributed by atoms with van der Waals surface area (Å²) in [5.41, 5.74) is 1.57. The van der Waals surface area contributed by atoms with Crippen LogP contribution in [0, 0.1) is 0 Å². The minimum Gasteiger partial charge on any atom is -0.0805 e. The zero-order valence-electron chi connectivity index (χ0n) is 12.4. The minimum absolute atomic E-state index is 1.17. The molecule has 1 aliphatic rings. The molecule has 18 heavy (non-hydrogen) atoms. The van der Waals surface area contributed by atoms with Crippen molar-refractivity contribution in [2.45, 2.75) is 90.4 Å². The Morgan fingerprint density at radius 1 is 0.778 bits per heavy atom. The van der Waals surface area contributed by atoms with E-state index in [0.717, 1.165) is 0 Å². The van der Waals surface area contributed by atoms with Gasteiger partial charge in [0.25, 0.3) is 0 Å². The van der Waals surface area contributed by atoms with Crippen LogP contribution in [-0.4, -0.2) is 0 Å². The largest absolute Gasteiger partial charge is 0.0805 e. The zero-order valence-corrected chi connectivity index (χ0v) is 12.4. The van der Waals surface area contributed by atoms with E-state index in [9.17, 15) is 0 Å². The summed E-state index contributed by atoms with van der Waals surface area (Å²) in [7, 11) is 0. The fourth-order valence-electron chi connectivity index (χ4n) is 2.69. The van der Waals surface area contributed by atoms with Crippen molar-refractivity contribution in [2.24, 2.45) is 0 Å². The van der Waals surface area contributed by atoms with Crippen molar-refractivity contribution in [2.75, 3.05) is 0 Å². The Hall–Kier alpha value is -0.520. The van der Waals surface area contributed by atoms with Crippen molar-refractivity contribution in [3.8, 4) is 0 Å². The van der Waals surface area contributed by atoms with Crippen LogP contribution in [0.4, 0.5) is 0 Å². The quantitative estimate of drug-likeness (QED) is 0.342. The van der Waals surface area contributed by atoms with Crippen LogP contribution in [0.2, 0.25) is 0 Å². The highest BCUT2D eigenvalue weighted by Crippen LogP contribution is 2.17. The van der Waals surface area contributed by atoms with E-state index >= 15 is 0 Å². The standard InChI is InChI=1S/C18H32/c1-2-3-4-5-6-7-8-9-10-11-12-15-18-16-13-14-17-18/h13,16-17H,2-12,14-15H2,1H3. The Labute approximate surface area is 115 Å². The van der Waals surface area contributed by atoms with Crippen molar-refractivity contribution in [1.82, 2.24) is 0 Å². The molecule has 0 atom stereocenters. The first kappa shape index (κ1) is 15.5. The van der Waals surface area contributed by atoms with E-state index < -0.39 is 0 Å². The van der Waals surface area contributed by atoms with Crippen LogP contribution in [0.15, 0.2) is 23.8 Å². The van der Waals surface area contributed by atoms with E-state index in [1.807, 2.05) is 0 Å². The molecule has 1 aliphatic carbocycles. The van der Waals surface area contributed by atoms with Crippen molar-refractivity contribution in [3.63, 3.8) is 0 Å². The van der Waals surface area contributed by atoms with Gasteiger partial charge in [0.15, 0.2) is 0 Å². The molecule has 1 rings (SSSR count). The molecule has 0 N–H and O–H groups in total. The lowest BCUT2D eigenvalue weighted by Crippen LogP contribution is -1.83. The van der Waals surface area contributed by atoms with E-state index in [4.69, 9.17) is 0 Å². The van der Waals surface area contributed by atoms with Crippen LogP contribution in [-0.2, 0) is 0 Å². The number of allylic oxidation sites excluding steroid dienone is 4. The predicted molar refractivity (Wildman–Crippen MR) is 82.9 cm³/mol. The van der Waals surface area contributed by atoms with E-state index in [2.05, 4.69) is 25.2 Å². The first-order valence-corrected chi connectivity index (χ1v) is 8.29. The molecule has 0 unspecified atom stereocenters. The summed E-state index contributed by atoms with van der Waals surface area (Å²) in [6.45, 7) is 2.29. The maximum Gasteiger partial charge on any atom is -0.0160 e. The molecular formula is C18H32. The second kappa shape index (κ2) is 11.6. The Morgan fingerprint density at radius 2 is 1.33 bits per heavy atom. The lowest BCUT2D eigenvalue weighted by Gasteiger charge is -2.02. The van der Waals surface area contributed by atoms with Crippen molar-refractivity contribution < 1.29 is 0 Å². The second-order valence-corrected chi connectivity index (χ2v) is 5.70. The summed E-state index contributed by atoms with van der Waals surface area (Å²) in [5.74, 6) is 0. The molecule has 0 heteroatoms. The molecule has 0 fully saturated rings. The lowest BCUT2D eigenvalue weighted by molar-refractivity contribution is 0.550. The van der Waals surface area contributed by atoms with Gasteiger partial charge < -0.3 is 0 Å². The smallest absolute Gasteiger partial charge is 0.0160 e. The Kier molecular flexibility index (Phi) is 9.98. The molecule has 0 heterocycles. The molecule has 0 nitrogen and oxygen atoms in total. The van der Waals surface area contributed by atoms with Gasteiger partial charge in [-0.2, -0.15) is 0 Å². The predicted octanol–water partition coefficient (Wildman–Crippen LogP) is 6.57. The molecule has 0 amide bonds. The van der Waals surface area contributed by atoms with E-state index in [1.54, 1.807) is 5.57 Å². The normalized spacial score (nSPS) is 14.2. The van der Waals surface area contributed by atoms with Crippen LogP contribution >= 0.6 is 0 Å². The van der Waals surface area contributed by atoms with Crippen molar-refractivity contribution in [3.05, 3.63) is 23.8 Å². The summed E-state index contributed by atoms with van der Waals surface area (Å²) < 4.78 is 0. The van der Waals surface area contributed by atoms with Crippen LogP contribution in [0.25, 0.3) is 0 Å². The highest BCUT2D eigenvalue weighted by molar-refractivity contribution is 5.25. The van der Waals surface area contributed by atoms with E-state index in [1.165, 1.54) is 83.5 Å². The van der Waals surface area contributed by atoms with Gasteiger partial charge in [0.05, 0.1) is 0 Å². The van der Waals surface area contributed by atoms with Crippen LogP contribution in [0.3, 0.4) is 0 Å². The molecule has 0 aliphatic heterocycles. The van der Waals surface area contributed by atoms with Crippen molar-refractivity contribution in [1.29, 1.82) is 0 Å². The average Bonchev–Trinajstić information content (AvgIpc) is 2.89. The monoisotopic (exact) mass is 248 g/mol. The number of hydrogen-bond acceptors (Lipinski definition) is 0. The Balaban J connectivity index is 1.72. The third kappa shape index (κ3) is 8.55. The molecule has 104 valence electrons. The Morgan fingerprint density at radius 3 is 1.83 bits per heavy atom. The molecule has 0 radical (unpaired) electrons. The molecule has 0 spiro atoms. The summed E-state index contributed by atoms with van der Waals surface area (Å²) in [6, 6.07) is 0. The van der Waals surface area contributed by atoms with Gasteiger partial charge in [0.1, 0.15) is 0 Å². The molecule has 0 saturated heterocycles. The fraction of sp³-hybridized carbons (Fsp3) is 0.778. The van der Waals surface area contributed by atoms with E-state index in [-0.39, 0.29) is 0 Å². The maximum atomic E-state index is 2.37. The first-order chi connectivity index (χ1) is 8.93. The summed E-state index contributed by atoms with van der Waals surface area (Å²) >= 11 is 0.